The molecule has 1 rings (SSSR count). The number of urea groups is 1. The van der Waals surface area contributed by atoms with Crippen molar-refractivity contribution in [3.8, 4) is 0 Å². The summed E-state index contributed by atoms with van der Waals surface area (Å²) in [5.74, 6) is -1.64. The third-order valence-corrected chi connectivity index (χ3v) is 4.02. The highest BCUT2D eigenvalue weighted by atomic mass is 35.5. The van der Waals surface area contributed by atoms with Gasteiger partial charge < -0.3 is 24.8 Å². The van der Waals surface area contributed by atoms with E-state index < -0.39 is 17.8 Å². The highest BCUT2D eigenvalue weighted by Crippen LogP contribution is 2.26. The molecule has 140 valence electrons. The molecule has 1 aromatic rings. The molecule has 0 fully saturated rings. The number of rotatable bonds is 9. The van der Waals surface area contributed by atoms with Crippen molar-refractivity contribution in [1.29, 1.82) is 0 Å². The van der Waals surface area contributed by atoms with Gasteiger partial charge in [0.2, 0.25) is 0 Å². The molecule has 0 bridgehead atoms. The zero-order valence-electron chi connectivity index (χ0n) is 14.4. The SMILES string of the molecule is CCOC(=O)CNC(=O)NCC(Cc1ccc(Cl)cc1Cl)(OC)OC. The molecule has 0 saturated heterocycles. The summed E-state index contributed by atoms with van der Waals surface area (Å²) in [5, 5.41) is 5.98. The average molecular weight is 393 g/mol. The van der Waals surface area contributed by atoms with Crippen molar-refractivity contribution in [3.05, 3.63) is 33.8 Å². The molecule has 0 aliphatic rings. The first kappa shape index (κ1) is 21.5. The van der Waals surface area contributed by atoms with Gasteiger partial charge in [0.15, 0.2) is 5.79 Å². The summed E-state index contributed by atoms with van der Waals surface area (Å²) in [6.45, 7) is 1.75. The minimum atomic E-state index is -1.13. The summed E-state index contributed by atoms with van der Waals surface area (Å²) in [7, 11) is 2.93. The van der Waals surface area contributed by atoms with Crippen molar-refractivity contribution in [1.82, 2.24) is 10.6 Å². The van der Waals surface area contributed by atoms with E-state index >= 15 is 0 Å². The van der Waals surface area contributed by atoms with Crippen molar-refractivity contribution in [2.24, 2.45) is 0 Å². The number of amides is 2. The van der Waals surface area contributed by atoms with Gasteiger partial charge >= 0.3 is 12.0 Å². The Bertz CT molecular complexity index is 594. The van der Waals surface area contributed by atoms with Gasteiger partial charge in [-0.3, -0.25) is 4.79 Å². The van der Waals surface area contributed by atoms with Crippen LogP contribution in [0.1, 0.15) is 12.5 Å². The lowest BCUT2D eigenvalue weighted by atomic mass is 10.0. The van der Waals surface area contributed by atoms with E-state index in [1.807, 2.05) is 0 Å². The molecule has 0 atom stereocenters. The van der Waals surface area contributed by atoms with Gasteiger partial charge in [0, 0.05) is 30.7 Å². The van der Waals surface area contributed by atoms with Crippen molar-refractivity contribution >= 4 is 35.2 Å². The molecular formula is C16H22Cl2N2O5. The number of hydrogen-bond donors (Lipinski definition) is 2. The molecule has 25 heavy (non-hydrogen) atoms. The zero-order chi connectivity index (χ0) is 18.9. The molecule has 0 aliphatic carbocycles. The lowest BCUT2D eigenvalue weighted by Gasteiger charge is -2.31. The average Bonchev–Trinajstić information content (AvgIpc) is 2.59. The van der Waals surface area contributed by atoms with E-state index in [1.165, 1.54) is 14.2 Å². The predicted molar refractivity (Wildman–Crippen MR) is 94.9 cm³/mol. The molecule has 2 amide bonds. The third kappa shape index (κ3) is 7.07. The van der Waals surface area contributed by atoms with E-state index in [1.54, 1.807) is 25.1 Å². The van der Waals surface area contributed by atoms with Gasteiger partial charge in [-0.15, -0.1) is 0 Å². The Labute approximate surface area is 156 Å². The van der Waals surface area contributed by atoms with E-state index in [-0.39, 0.29) is 26.1 Å². The van der Waals surface area contributed by atoms with Gasteiger partial charge in [-0.25, -0.2) is 4.79 Å². The number of benzene rings is 1. The smallest absolute Gasteiger partial charge is 0.325 e. The van der Waals surface area contributed by atoms with Crippen LogP contribution in [0.15, 0.2) is 18.2 Å². The second kappa shape index (κ2) is 10.5. The monoisotopic (exact) mass is 392 g/mol. The molecule has 1 aromatic carbocycles. The number of carbonyl (C=O) groups is 2. The Morgan fingerprint density at radius 3 is 2.40 bits per heavy atom. The summed E-state index contributed by atoms with van der Waals surface area (Å²) in [6.07, 6.45) is 0.286. The second-order valence-corrected chi connectivity index (χ2v) is 5.92. The van der Waals surface area contributed by atoms with Crippen LogP contribution in [0.2, 0.25) is 10.0 Å². The Balaban J connectivity index is 2.65. The topological polar surface area (TPSA) is 85.9 Å². The number of hydrogen-bond acceptors (Lipinski definition) is 5. The molecule has 0 radical (unpaired) electrons. The maximum Gasteiger partial charge on any atom is 0.325 e. The van der Waals surface area contributed by atoms with Crippen LogP contribution >= 0.6 is 23.2 Å². The molecule has 9 heteroatoms. The van der Waals surface area contributed by atoms with Crippen LogP contribution in [-0.4, -0.2) is 51.7 Å². The van der Waals surface area contributed by atoms with E-state index in [9.17, 15) is 9.59 Å². The fourth-order valence-corrected chi connectivity index (χ4v) is 2.51. The van der Waals surface area contributed by atoms with Gasteiger partial charge in [0.05, 0.1) is 13.2 Å². The van der Waals surface area contributed by atoms with E-state index in [0.29, 0.717) is 10.0 Å². The molecule has 0 heterocycles. The van der Waals surface area contributed by atoms with E-state index in [2.05, 4.69) is 10.6 Å². The third-order valence-electron chi connectivity index (χ3n) is 3.44. The first-order chi connectivity index (χ1) is 11.9. The molecule has 0 saturated carbocycles. The van der Waals surface area contributed by atoms with Crippen molar-refractivity contribution in [2.45, 2.75) is 19.1 Å². The fourth-order valence-electron chi connectivity index (χ4n) is 2.03. The zero-order valence-corrected chi connectivity index (χ0v) is 15.9. The maximum absolute atomic E-state index is 11.8. The summed E-state index contributed by atoms with van der Waals surface area (Å²) in [5.41, 5.74) is 0.753. The normalized spacial score (nSPS) is 11.1. The molecule has 0 spiro atoms. The minimum Gasteiger partial charge on any atom is -0.465 e. The number of carbonyl (C=O) groups excluding carboxylic acids is 2. The van der Waals surface area contributed by atoms with Crippen LogP contribution < -0.4 is 10.6 Å². The number of ether oxygens (including phenoxy) is 3. The van der Waals surface area contributed by atoms with Crippen LogP contribution in [0.5, 0.6) is 0 Å². The minimum absolute atomic E-state index is 0.0353. The van der Waals surface area contributed by atoms with Crippen molar-refractivity contribution in [3.63, 3.8) is 0 Å². The number of methoxy groups -OCH3 is 2. The second-order valence-electron chi connectivity index (χ2n) is 5.07. The van der Waals surface area contributed by atoms with Gasteiger partial charge in [-0.05, 0) is 24.6 Å². The Kier molecular flexibility index (Phi) is 8.99. The molecule has 2 N–H and O–H groups in total. The summed E-state index contributed by atoms with van der Waals surface area (Å²) < 4.78 is 15.6. The van der Waals surface area contributed by atoms with Crippen molar-refractivity contribution in [2.75, 3.05) is 33.9 Å². The molecule has 0 unspecified atom stereocenters. The Morgan fingerprint density at radius 1 is 1.16 bits per heavy atom. The van der Waals surface area contributed by atoms with Gasteiger partial charge in [0.25, 0.3) is 0 Å². The summed E-state index contributed by atoms with van der Waals surface area (Å²) in [6, 6.07) is 4.54. The number of nitrogens with one attached hydrogen (secondary N) is 2. The molecule has 0 aromatic heterocycles. The largest absolute Gasteiger partial charge is 0.465 e. The number of halogens is 2. The highest BCUT2D eigenvalue weighted by molar-refractivity contribution is 6.35. The van der Waals surface area contributed by atoms with Crippen LogP contribution in [0.4, 0.5) is 4.79 Å². The van der Waals surface area contributed by atoms with Crippen molar-refractivity contribution < 1.29 is 23.8 Å². The van der Waals surface area contributed by atoms with Gasteiger partial charge in [-0.2, -0.15) is 0 Å². The quantitative estimate of drug-likeness (QED) is 0.497. The van der Waals surface area contributed by atoms with Crippen LogP contribution in [0.25, 0.3) is 0 Å². The Morgan fingerprint density at radius 2 is 1.84 bits per heavy atom. The van der Waals surface area contributed by atoms with Gasteiger partial charge in [0.1, 0.15) is 6.54 Å². The summed E-state index contributed by atoms with van der Waals surface area (Å²) in [4.78, 5) is 23.0. The first-order valence-corrected chi connectivity index (χ1v) is 8.33. The molecular weight excluding hydrogens is 371 g/mol. The first-order valence-electron chi connectivity index (χ1n) is 7.57. The van der Waals surface area contributed by atoms with Gasteiger partial charge in [-0.1, -0.05) is 29.3 Å². The van der Waals surface area contributed by atoms with Crippen LogP contribution in [0.3, 0.4) is 0 Å². The molecule has 7 nitrogen and oxygen atoms in total. The van der Waals surface area contributed by atoms with Crippen LogP contribution in [0, 0.1) is 0 Å². The predicted octanol–water partition coefficient (Wildman–Crippen LogP) is 2.39. The number of esters is 1. The lowest BCUT2D eigenvalue weighted by Crippen LogP contribution is -2.50. The Hall–Kier alpha value is -1.54. The van der Waals surface area contributed by atoms with E-state index in [0.717, 1.165) is 5.56 Å². The van der Waals surface area contributed by atoms with Crippen LogP contribution in [-0.2, 0) is 25.4 Å². The highest BCUT2D eigenvalue weighted by Gasteiger charge is 2.31. The fraction of sp³-hybridized carbons (Fsp3) is 0.500. The lowest BCUT2D eigenvalue weighted by molar-refractivity contribution is -0.200. The summed E-state index contributed by atoms with van der Waals surface area (Å²) >= 11 is 12.1. The maximum atomic E-state index is 11.8. The van der Waals surface area contributed by atoms with E-state index in [4.69, 9.17) is 37.4 Å². The standard InChI is InChI=1S/C16H22Cl2N2O5/c1-4-25-14(21)9-19-15(22)20-10-16(23-2,24-3)8-11-5-6-12(17)7-13(11)18/h5-7H,4,8-10H2,1-3H3,(H2,19,20,22). The molecule has 0 aliphatic heterocycles.